The van der Waals surface area contributed by atoms with Crippen LogP contribution in [0.25, 0.3) is 10.9 Å². The van der Waals surface area contributed by atoms with Crippen LogP contribution in [0.2, 0.25) is 0 Å². The van der Waals surface area contributed by atoms with E-state index in [2.05, 4.69) is 15.1 Å². The van der Waals surface area contributed by atoms with Crippen molar-refractivity contribution in [3.63, 3.8) is 0 Å². The fourth-order valence-corrected chi connectivity index (χ4v) is 2.29. The fraction of sp³-hybridized carbons (Fsp3) is 0.200. The van der Waals surface area contributed by atoms with Gasteiger partial charge in [0.05, 0.1) is 5.52 Å². The van der Waals surface area contributed by atoms with Gasteiger partial charge < -0.3 is 5.73 Å². The van der Waals surface area contributed by atoms with Gasteiger partial charge in [0, 0.05) is 23.7 Å². The van der Waals surface area contributed by atoms with Crippen LogP contribution in [0, 0.1) is 12.7 Å². The lowest BCUT2D eigenvalue weighted by atomic mass is 10.2. The van der Waals surface area contributed by atoms with Crippen molar-refractivity contribution < 1.29 is 9.18 Å². The number of halogens is 1. The predicted octanol–water partition coefficient (Wildman–Crippen LogP) is 2.13. The van der Waals surface area contributed by atoms with E-state index in [1.54, 1.807) is 19.2 Å². The summed E-state index contributed by atoms with van der Waals surface area (Å²) in [7, 11) is 0. The predicted molar refractivity (Wildman–Crippen MR) is 79.8 cm³/mol. The number of nitrogen functional groups attached to an aromatic ring is 1. The molecule has 0 aliphatic carbocycles. The minimum atomic E-state index is -0.414. The van der Waals surface area contributed by atoms with Crippen molar-refractivity contribution in [2.45, 2.75) is 19.8 Å². The van der Waals surface area contributed by atoms with E-state index >= 15 is 0 Å². The Bertz CT molecular complexity index is 858. The molecule has 0 saturated heterocycles. The number of hydrogen-bond donors (Lipinski definition) is 1. The maximum atomic E-state index is 13.2. The van der Waals surface area contributed by atoms with Crippen molar-refractivity contribution in [3.8, 4) is 0 Å². The molecule has 0 amide bonds. The molecule has 0 radical (unpaired) electrons. The van der Waals surface area contributed by atoms with Gasteiger partial charge in [-0.15, -0.1) is 5.10 Å². The second-order valence-corrected chi connectivity index (χ2v) is 4.95. The summed E-state index contributed by atoms with van der Waals surface area (Å²) >= 11 is 0. The van der Waals surface area contributed by atoms with Crippen LogP contribution < -0.4 is 5.73 Å². The Hall–Kier alpha value is -2.83. The number of carbonyl (C=O) groups excluding carboxylic acids is 1. The Balaban J connectivity index is 1.83. The number of aryl methyl sites for hydroxylation is 2. The molecule has 22 heavy (non-hydrogen) atoms. The van der Waals surface area contributed by atoms with Crippen LogP contribution in [0.4, 0.5) is 10.2 Å². The van der Waals surface area contributed by atoms with Gasteiger partial charge in [-0.25, -0.2) is 14.4 Å². The molecule has 0 saturated carbocycles. The lowest BCUT2D eigenvalue weighted by molar-refractivity contribution is 0.0893. The standard InChI is InChI=1S/C15H14FN5O/c1-9-18-7-6-11(19-9)3-5-14(22)21-13-4-2-10(16)8-12(13)15(17)20-21/h2,4,6-8H,3,5H2,1H3,(H2,17,20). The fourth-order valence-electron chi connectivity index (χ4n) is 2.29. The molecule has 0 bridgehead atoms. The third-order valence-electron chi connectivity index (χ3n) is 3.34. The summed E-state index contributed by atoms with van der Waals surface area (Å²) in [4.78, 5) is 20.6. The second kappa shape index (κ2) is 5.51. The first kappa shape index (κ1) is 14.1. The van der Waals surface area contributed by atoms with Gasteiger partial charge in [0.15, 0.2) is 5.82 Å². The number of carbonyl (C=O) groups is 1. The Morgan fingerprint density at radius 3 is 2.95 bits per heavy atom. The molecule has 2 aromatic heterocycles. The summed E-state index contributed by atoms with van der Waals surface area (Å²) in [5, 5.41) is 4.44. The Kier molecular flexibility index (Phi) is 3.54. The molecule has 0 aliphatic heterocycles. The van der Waals surface area contributed by atoms with Gasteiger partial charge in [0.25, 0.3) is 0 Å². The number of benzene rings is 1. The molecule has 7 heteroatoms. The third kappa shape index (κ3) is 2.65. The van der Waals surface area contributed by atoms with E-state index in [0.717, 1.165) is 5.69 Å². The number of nitrogens with two attached hydrogens (primary N) is 1. The highest BCUT2D eigenvalue weighted by molar-refractivity contribution is 5.96. The van der Waals surface area contributed by atoms with Crippen molar-refractivity contribution in [1.82, 2.24) is 19.7 Å². The smallest absolute Gasteiger partial charge is 0.247 e. The van der Waals surface area contributed by atoms with Crippen molar-refractivity contribution in [2.24, 2.45) is 0 Å². The molecule has 3 aromatic rings. The zero-order valence-corrected chi connectivity index (χ0v) is 12.0. The summed E-state index contributed by atoms with van der Waals surface area (Å²) in [6, 6.07) is 5.82. The van der Waals surface area contributed by atoms with Crippen LogP contribution in [0.15, 0.2) is 30.5 Å². The van der Waals surface area contributed by atoms with Crippen LogP contribution >= 0.6 is 0 Å². The molecule has 0 atom stereocenters. The number of rotatable bonds is 3. The minimum absolute atomic E-state index is 0.140. The molecular weight excluding hydrogens is 285 g/mol. The zero-order valence-electron chi connectivity index (χ0n) is 12.0. The van der Waals surface area contributed by atoms with E-state index in [-0.39, 0.29) is 18.1 Å². The average Bonchev–Trinajstić information content (AvgIpc) is 2.82. The van der Waals surface area contributed by atoms with Gasteiger partial charge in [-0.3, -0.25) is 4.79 Å². The largest absolute Gasteiger partial charge is 0.382 e. The molecule has 0 fully saturated rings. The van der Waals surface area contributed by atoms with Crippen molar-refractivity contribution in [3.05, 3.63) is 47.8 Å². The summed E-state index contributed by atoms with van der Waals surface area (Å²) in [6.45, 7) is 1.79. The van der Waals surface area contributed by atoms with E-state index in [1.807, 2.05) is 0 Å². The van der Waals surface area contributed by atoms with Crippen molar-refractivity contribution in [1.29, 1.82) is 0 Å². The zero-order chi connectivity index (χ0) is 15.7. The molecule has 0 unspecified atom stereocenters. The van der Waals surface area contributed by atoms with E-state index in [1.165, 1.54) is 22.9 Å². The third-order valence-corrected chi connectivity index (χ3v) is 3.34. The minimum Gasteiger partial charge on any atom is -0.382 e. The summed E-state index contributed by atoms with van der Waals surface area (Å²) < 4.78 is 14.5. The normalized spacial score (nSPS) is 11.0. The Morgan fingerprint density at radius 2 is 2.18 bits per heavy atom. The average molecular weight is 299 g/mol. The maximum Gasteiger partial charge on any atom is 0.247 e. The Labute approximate surface area is 125 Å². The van der Waals surface area contributed by atoms with Crippen LogP contribution in [0.5, 0.6) is 0 Å². The number of anilines is 1. The topological polar surface area (TPSA) is 86.7 Å². The van der Waals surface area contributed by atoms with Gasteiger partial charge in [0.1, 0.15) is 11.6 Å². The quantitative estimate of drug-likeness (QED) is 0.800. The molecule has 0 aliphatic rings. The molecule has 2 N–H and O–H groups in total. The second-order valence-electron chi connectivity index (χ2n) is 4.95. The number of hydrogen-bond acceptors (Lipinski definition) is 5. The monoisotopic (exact) mass is 299 g/mol. The van der Waals surface area contributed by atoms with Gasteiger partial charge in [-0.2, -0.15) is 4.68 Å². The molecular formula is C15H14FN5O. The molecule has 112 valence electrons. The Morgan fingerprint density at radius 1 is 1.36 bits per heavy atom. The van der Waals surface area contributed by atoms with Crippen LogP contribution in [-0.4, -0.2) is 25.7 Å². The highest BCUT2D eigenvalue weighted by Gasteiger charge is 2.15. The van der Waals surface area contributed by atoms with Gasteiger partial charge in [-0.1, -0.05) is 0 Å². The first-order chi connectivity index (χ1) is 10.5. The van der Waals surface area contributed by atoms with E-state index in [9.17, 15) is 9.18 Å². The molecule has 3 rings (SSSR count). The number of aromatic nitrogens is 4. The maximum absolute atomic E-state index is 13.2. The van der Waals surface area contributed by atoms with E-state index < -0.39 is 5.82 Å². The van der Waals surface area contributed by atoms with E-state index in [4.69, 9.17) is 5.73 Å². The first-order valence-electron chi connectivity index (χ1n) is 6.80. The highest BCUT2D eigenvalue weighted by atomic mass is 19.1. The van der Waals surface area contributed by atoms with Gasteiger partial charge >= 0.3 is 0 Å². The van der Waals surface area contributed by atoms with Crippen LogP contribution in [-0.2, 0) is 6.42 Å². The molecule has 1 aromatic carbocycles. The van der Waals surface area contributed by atoms with Crippen molar-refractivity contribution in [2.75, 3.05) is 5.73 Å². The summed E-state index contributed by atoms with van der Waals surface area (Å²) in [5.41, 5.74) is 7.03. The van der Waals surface area contributed by atoms with E-state index in [0.29, 0.717) is 23.1 Å². The van der Waals surface area contributed by atoms with Gasteiger partial charge in [0.2, 0.25) is 5.91 Å². The number of nitrogens with zero attached hydrogens (tertiary/aromatic N) is 4. The summed E-state index contributed by atoms with van der Waals surface area (Å²) in [6.07, 6.45) is 2.36. The van der Waals surface area contributed by atoms with Gasteiger partial charge in [-0.05, 0) is 37.6 Å². The SMILES string of the molecule is Cc1nccc(CCC(=O)n2nc(N)c3cc(F)ccc32)n1. The lowest BCUT2D eigenvalue weighted by Crippen LogP contribution is -2.13. The highest BCUT2D eigenvalue weighted by Crippen LogP contribution is 2.21. The summed E-state index contributed by atoms with van der Waals surface area (Å²) in [5.74, 6) is 0.169. The molecule has 2 heterocycles. The molecule has 0 spiro atoms. The van der Waals surface area contributed by atoms with Crippen molar-refractivity contribution >= 4 is 22.6 Å². The number of fused-ring (bicyclic) bond motifs is 1. The first-order valence-corrected chi connectivity index (χ1v) is 6.80. The molecule has 6 nitrogen and oxygen atoms in total. The van der Waals surface area contributed by atoms with Crippen LogP contribution in [0.1, 0.15) is 22.7 Å². The lowest BCUT2D eigenvalue weighted by Gasteiger charge is -2.03. The van der Waals surface area contributed by atoms with Crippen LogP contribution in [0.3, 0.4) is 0 Å².